The number of methoxy groups -OCH3 is 1. The van der Waals surface area contributed by atoms with E-state index in [1.54, 1.807) is 0 Å². The first kappa shape index (κ1) is 15.4. The van der Waals surface area contributed by atoms with Gasteiger partial charge in [-0.15, -0.1) is 11.3 Å². The van der Waals surface area contributed by atoms with Crippen LogP contribution >= 0.6 is 27.3 Å². The zero-order valence-electron chi connectivity index (χ0n) is 11.2. The molecule has 1 saturated heterocycles. The Morgan fingerprint density at radius 2 is 2.14 bits per heavy atom. The number of nitrogens with zero attached hydrogens (tertiary/aromatic N) is 1. The number of hydrogen-bond acceptors (Lipinski definition) is 6. The van der Waals surface area contributed by atoms with Crippen LogP contribution in [0.1, 0.15) is 22.5 Å². The van der Waals surface area contributed by atoms with Gasteiger partial charge in [0.05, 0.1) is 16.5 Å². The summed E-state index contributed by atoms with van der Waals surface area (Å²) in [5.74, 6) is -0.347. The molecule has 9 heteroatoms. The van der Waals surface area contributed by atoms with Gasteiger partial charge in [-0.25, -0.2) is 13.2 Å². The Labute approximate surface area is 134 Å². The minimum absolute atomic E-state index is 0.0470. The Hall–Kier alpha value is -0.480. The van der Waals surface area contributed by atoms with E-state index in [0.29, 0.717) is 3.79 Å². The topological polar surface area (TPSA) is 83.9 Å². The molecule has 0 amide bonds. The third-order valence-corrected chi connectivity index (χ3v) is 7.92. The first-order valence-corrected chi connectivity index (χ1v) is 9.43. The molecule has 1 saturated carbocycles. The molecule has 1 aromatic rings. The Morgan fingerprint density at radius 1 is 1.52 bits per heavy atom. The third-order valence-electron chi connectivity index (χ3n) is 3.90. The molecule has 2 aliphatic rings. The highest BCUT2D eigenvalue weighted by Crippen LogP contribution is 2.46. The van der Waals surface area contributed by atoms with E-state index >= 15 is 0 Å². The fraction of sp³-hybridized carbons (Fsp3) is 0.583. The third kappa shape index (κ3) is 2.55. The molecule has 3 rings (SSSR count). The molecule has 0 radical (unpaired) electrons. The average Bonchev–Trinajstić information content (AvgIpc) is 3.17. The molecule has 0 aromatic carbocycles. The van der Waals surface area contributed by atoms with Gasteiger partial charge in [0.1, 0.15) is 9.77 Å². The number of halogens is 1. The van der Waals surface area contributed by atoms with Gasteiger partial charge < -0.3 is 9.84 Å². The van der Waals surface area contributed by atoms with Crippen LogP contribution in [0.25, 0.3) is 0 Å². The van der Waals surface area contributed by atoms with E-state index in [0.717, 1.165) is 24.2 Å². The lowest BCUT2D eigenvalue weighted by Gasteiger charge is -2.45. The van der Waals surface area contributed by atoms with Gasteiger partial charge in [0.25, 0.3) is 0 Å². The fourth-order valence-electron chi connectivity index (χ4n) is 2.48. The Bertz CT molecular complexity index is 689. The van der Waals surface area contributed by atoms with Crippen LogP contribution in [-0.4, -0.2) is 49.6 Å². The van der Waals surface area contributed by atoms with Gasteiger partial charge in [-0.05, 0) is 40.8 Å². The lowest BCUT2D eigenvalue weighted by molar-refractivity contribution is -0.0764. The van der Waals surface area contributed by atoms with E-state index in [1.165, 1.54) is 17.5 Å². The quantitative estimate of drug-likeness (QED) is 0.779. The van der Waals surface area contributed by atoms with Crippen molar-refractivity contribution in [2.24, 2.45) is 5.92 Å². The van der Waals surface area contributed by atoms with E-state index in [9.17, 15) is 18.3 Å². The first-order chi connectivity index (χ1) is 9.78. The summed E-state index contributed by atoms with van der Waals surface area (Å²) >= 11 is 4.20. The van der Waals surface area contributed by atoms with E-state index in [-0.39, 0.29) is 28.8 Å². The van der Waals surface area contributed by atoms with Crippen molar-refractivity contribution in [3.8, 4) is 0 Å². The van der Waals surface area contributed by atoms with E-state index in [4.69, 9.17) is 0 Å². The Balaban J connectivity index is 1.83. The van der Waals surface area contributed by atoms with Crippen LogP contribution in [0.15, 0.2) is 14.7 Å². The number of carbonyl (C=O) groups is 1. The standard InChI is InChI=1S/C12H14BrNO5S2/c1-19-11(15)8-4-9(10(13)20-8)21(17,18)14-5-12(16,6-14)7-2-3-7/h4,7,16H,2-3,5-6H2,1H3. The monoisotopic (exact) mass is 395 g/mol. The molecule has 1 aliphatic carbocycles. The van der Waals surface area contributed by atoms with Gasteiger partial charge in [0.15, 0.2) is 0 Å². The molecular weight excluding hydrogens is 382 g/mol. The van der Waals surface area contributed by atoms with Gasteiger partial charge in [-0.2, -0.15) is 4.31 Å². The Morgan fingerprint density at radius 3 is 2.67 bits per heavy atom. The summed E-state index contributed by atoms with van der Waals surface area (Å²) in [5.41, 5.74) is -0.874. The fourth-order valence-corrected chi connectivity index (χ4v) is 6.48. The number of hydrogen-bond donors (Lipinski definition) is 1. The smallest absolute Gasteiger partial charge is 0.348 e. The van der Waals surface area contributed by atoms with Crippen molar-refractivity contribution < 1.29 is 23.1 Å². The largest absolute Gasteiger partial charge is 0.465 e. The number of ether oxygens (including phenoxy) is 1. The van der Waals surface area contributed by atoms with Crippen LogP contribution in [0.5, 0.6) is 0 Å². The number of aliphatic hydroxyl groups is 1. The highest BCUT2D eigenvalue weighted by atomic mass is 79.9. The summed E-state index contributed by atoms with van der Waals surface area (Å²) in [6, 6.07) is 1.31. The average molecular weight is 396 g/mol. The molecule has 2 heterocycles. The lowest BCUT2D eigenvalue weighted by Crippen LogP contribution is -2.64. The van der Waals surface area contributed by atoms with Gasteiger partial charge >= 0.3 is 5.97 Å². The SMILES string of the molecule is COC(=O)c1cc(S(=O)(=O)N2CC(O)(C3CC3)C2)c(Br)s1. The van der Waals surface area contributed by atoms with Crippen LogP contribution in [0.4, 0.5) is 0 Å². The van der Waals surface area contributed by atoms with E-state index < -0.39 is 21.6 Å². The van der Waals surface area contributed by atoms with Crippen molar-refractivity contribution in [3.63, 3.8) is 0 Å². The van der Waals surface area contributed by atoms with Crippen molar-refractivity contribution in [3.05, 3.63) is 14.7 Å². The van der Waals surface area contributed by atoms with Crippen LogP contribution < -0.4 is 0 Å². The second-order valence-corrected chi connectivity index (χ2v) is 9.67. The van der Waals surface area contributed by atoms with Crippen LogP contribution in [0.2, 0.25) is 0 Å². The maximum atomic E-state index is 12.5. The molecule has 0 spiro atoms. The molecule has 0 atom stereocenters. The number of esters is 1. The van der Waals surface area contributed by atoms with E-state index in [2.05, 4.69) is 20.7 Å². The zero-order valence-corrected chi connectivity index (χ0v) is 14.4. The minimum atomic E-state index is -3.70. The van der Waals surface area contributed by atoms with Crippen molar-refractivity contribution in [1.29, 1.82) is 0 Å². The van der Waals surface area contributed by atoms with Crippen LogP contribution in [-0.2, 0) is 14.8 Å². The number of β-amino-alcohol motifs (C(OH)–C–C–N with tert-alkyl or cyclic N) is 1. The highest BCUT2D eigenvalue weighted by molar-refractivity contribution is 9.11. The maximum absolute atomic E-state index is 12.5. The van der Waals surface area contributed by atoms with Gasteiger partial charge in [-0.1, -0.05) is 0 Å². The molecular formula is C12H14BrNO5S2. The number of sulfonamides is 1. The number of thiophene rings is 1. The van der Waals surface area contributed by atoms with Crippen LogP contribution in [0.3, 0.4) is 0 Å². The summed E-state index contributed by atoms with van der Waals surface area (Å²) in [7, 11) is -2.46. The molecule has 1 aromatic heterocycles. The molecule has 0 unspecified atom stereocenters. The molecule has 1 aliphatic heterocycles. The molecule has 21 heavy (non-hydrogen) atoms. The normalized spacial score (nSPS) is 21.9. The molecule has 0 bridgehead atoms. The molecule has 1 N–H and O–H groups in total. The molecule has 116 valence electrons. The van der Waals surface area contributed by atoms with Crippen molar-refractivity contribution in [1.82, 2.24) is 4.31 Å². The summed E-state index contributed by atoms with van der Waals surface area (Å²) in [5, 5.41) is 10.2. The maximum Gasteiger partial charge on any atom is 0.348 e. The van der Waals surface area contributed by atoms with Crippen molar-refractivity contribution >= 4 is 43.3 Å². The lowest BCUT2D eigenvalue weighted by atomic mass is 9.91. The number of carbonyl (C=O) groups excluding carboxylic acids is 1. The summed E-state index contributed by atoms with van der Waals surface area (Å²) < 4.78 is 31.3. The van der Waals surface area contributed by atoms with Gasteiger partial charge in [0, 0.05) is 13.1 Å². The second-order valence-electron chi connectivity index (χ2n) is 5.39. The summed E-state index contributed by atoms with van der Waals surface area (Å²) in [6.45, 7) is 0.242. The summed E-state index contributed by atoms with van der Waals surface area (Å²) in [6.07, 6.45) is 1.91. The second kappa shape index (κ2) is 5.02. The van der Waals surface area contributed by atoms with Gasteiger partial charge in [-0.3, -0.25) is 0 Å². The highest BCUT2D eigenvalue weighted by Gasteiger charge is 2.55. The number of rotatable bonds is 4. The van der Waals surface area contributed by atoms with E-state index in [1.807, 2.05) is 0 Å². The zero-order chi connectivity index (χ0) is 15.4. The predicted molar refractivity (Wildman–Crippen MR) is 79.8 cm³/mol. The van der Waals surface area contributed by atoms with Crippen LogP contribution in [0, 0.1) is 5.92 Å². The summed E-state index contributed by atoms with van der Waals surface area (Å²) in [4.78, 5) is 11.7. The minimum Gasteiger partial charge on any atom is -0.465 e. The Kier molecular flexibility index (Phi) is 3.69. The van der Waals surface area contributed by atoms with Gasteiger partial charge in [0.2, 0.25) is 10.0 Å². The molecule has 6 nitrogen and oxygen atoms in total. The van der Waals surface area contributed by atoms with Crippen molar-refractivity contribution in [2.45, 2.75) is 23.3 Å². The molecule has 2 fully saturated rings. The first-order valence-electron chi connectivity index (χ1n) is 6.38. The predicted octanol–water partition coefficient (Wildman–Crippen LogP) is 1.44. The van der Waals surface area contributed by atoms with Crippen molar-refractivity contribution in [2.75, 3.05) is 20.2 Å².